The van der Waals surface area contributed by atoms with Gasteiger partial charge in [0.1, 0.15) is 0 Å². The zero-order chi connectivity index (χ0) is 13.0. The van der Waals surface area contributed by atoms with E-state index < -0.39 is 16.8 Å². The molecular weight excluding hydrogens is 250 g/mol. The summed E-state index contributed by atoms with van der Waals surface area (Å²) < 4.78 is 11.3. The van der Waals surface area contributed by atoms with E-state index in [1.165, 1.54) is 0 Å². The Kier molecular flexibility index (Phi) is 4.49. The lowest BCUT2D eigenvalue weighted by atomic mass is 10.0. The molecule has 1 fully saturated rings. The van der Waals surface area contributed by atoms with Crippen molar-refractivity contribution in [2.45, 2.75) is 13.0 Å². The van der Waals surface area contributed by atoms with Gasteiger partial charge < -0.3 is 5.11 Å². The Hall–Kier alpha value is -1.20. The number of benzene rings is 1. The Morgan fingerprint density at radius 1 is 1.22 bits per heavy atom. The molecule has 0 atom stereocenters. The molecule has 0 spiro atoms. The second kappa shape index (κ2) is 6.11. The fourth-order valence-corrected chi connectivity index (χ4v) is 3.25. The number of nitrogens with zero attached hydrogens (tertiary/aromatic N) is 1. The molecule has 1 aromatic carbocycles. The summed E-state index contributed by atoms with van der Waals surface area (Å²) in [6.45, 7) is 2.41. The minimum absolute atomic E-state index is 0.0654. The first-order valence-corrected chi connectivity index (χ1v) is 7.50. The van der Waals surface area contributed by atoms with E-state index in [9.17, 15) is 9.00 Å². The second-order valence-electron chi connectivity index (χ2n) is 4.46. The third-order valence-corrected chi connectivity index (χ3v) is 4.40. The van der Waals surface area contributed by atoms with Crippen LogP contribution in [0.3, 0.4) is 0 Å². The first-order chi connectivity index (χ1) is 8.65. The highest BCUT2D eigenvalue weighted by atomic mass is 32.2. The van der Waals surface area contributed by atoms with E-state index in [1.807, 2.05) is 24.3 Å². The fraction of sp³-hybridized carbons (Fsp3) is 0.462. The van der Waals surface area contributed by atoms with Gasteiger partial charge in [-0.05, 0) is 11.1 Å². The molecule has 0 saturated carbocycles. The zero-order valence-corrected chi connectivity index (χ0v) is 11.0. The SMILES string of the molecule is O=C(O)Cc1ccccc1CN1CCS(=O)CC1. The summed E-state index contributed by atoms with van der Waals surface area (Å²) >= 11 is 0. The van der Waals surface area contributed by atoms with Gasteiger partial charge in [0, 0.05) is 41.9 Å². The molecule has 98 valence electrons. The molecule has 0 amide bonds. The number of rotatable bonds is 4. The molecule has 18 heavy (non-hydrogen) atoms. The zero-order valence-electron chi connectivity index (χ0n) is 10.2. The number of hydrogen-bond donors (Lipinski definition) is 1. The maximum atomic E-state index is 11.3. The molecule has 1 saturated heterocycles. The highest BCUT2D eigenvalue weighted by Gasteiger charge is 2.16. The van der Waals surface area contributed by atoms with Gasteiger partial charge in [0.2, 0.25) is 0 Å². The van der Waals surface area contributed by atoms with Crippen LogP contribution in [0.4, 0.5) is 0 Å². The van der Waals surface area contributed by atoms with E-state index in [4.69, 9.17) is 5.11 Å². The van der Waals surface area contributed by atoms with Crippen molar-refractivity contribution in [3.05, 3.63) is 35.4 Å². The standard InChI is InChI=1S/C13H17NO3S/c15-13(16)9-11-3-1-2-4-12(11)10-14-5-7-18(17)8-6-14/h1-4H,5-10H2,(H,15,16). The predicted octanol–water partition coefficient (Wildman–Crippen LogP) is 0.878. The quantitative estimate of drug-likeness (QED) is 0.880. The molecule has 1 aliphatic heterocycles. The van der Waals surface area contributed by atoms with Gasteiger partial charge >= 0.3 is 5.97 Å². The number of carboxylic acid groups (broad SMARTS) is 1. The summed E-state index contributed by atoms with van der Waals surface area (Å²) in [5.41, 5.74) is 1.93. The molecule has 1 heterocycles. The van der Waals surface area contributed by atoms with Gasteiger partial charge in [-0.15, -0.1) is 0 Å². The van der Waals surface area contributed by atoms with Crippen LogP contribution < -0.4 is 0 Å². The van der Waals surface area contributed by atoms with Gasteiger partial charge in [-0.25, -0.2) is 0 Å². The molecule has 4 nitrogen and oxygen atoms in total. The largest absolute Gasteiger partial charge is 0.481 e. The predicted molar refractivity (Wildman–Crippen MR) is 70.9 cm³/mol. The molecular formula is C13H17NO3S. The highest BCUT2D eigenvalue weighted by molar-refractivity contribution is 7.85. The lowest BCUT2D eigenvalue weighted by Crippen LogP contribution is -2.37. The summed E-state index contributed by atoms with van der Waals surface area (Å²) in [6, 6.07) is 7.64. The van der Waals surface area contributed by atoms with Crippen molar-refractivity contribution < 1.29 is 14.1 Å². The number of carboxylic acids is 1. The van der Waals surface area contributed by atoms with Gasteiger partial charge in [0.05, 0.1) is 6.42 Å². The van der Waals surface area contributed by atoms with Crippen LogP contribution in [-0.2, 0) is 28.6 Å². The van der Waals surface area contributed by atoms with Gasteiger partial charge in [-0.3, -0.25) is 13.9 Å². The Morgan fingerprint density at radius 2 is 1.83 bits per heavy atom. The van der Waals surface area contributed by atoms with Gasteiger partial charge in [0.25, 0.3) is 0 Å². The second-order valence-corrected chi connectivity index (χ2v) is 6.16. The van der Waals surface area contributed by atoms with Crippen LogP contribution in [0.25, 0.3) is 0 Å². The summed E-state index contributed by atoms with van der Waals surface area (Å²) in [6.07, 6.45) is 0.0654. The molecule has 0 bridgehead atoms. The normalized spacial score (nSPS) is 17.8. The van der Waals surface area contributed by atoms with E-state index in [0.717, 1.165) is 42.3 Å². The molecule has 0 unspecified atom stereocenters. The molecule has 1 aromatic rings. The number of carbonyl (C=O) groups is 1. The minimum Gasteiger partial charge on any atom is -0.481 e. The van der Waals surface area contributed by atoms with Crippen molar-refractivity contribution in [2.24, 2.45) is 0 Å². The van der Waals surface area contributed by atoms with Gasteiger partial charge in [-0.1, -0.05) is 24.3 Å². The van der Waals surface area contributed by atoms with E-state index in [0.29, 0.717) is 0 Å². The van der Waals surface area contributed by atoms with Crippen LogP contribution in [0.15, 0.2) is 24.3 Å². The van der Waals surface area contributed by atoms with E-state index in [2.05, 4.69) is 4.90 Å². The average Bonchev–Trinajstić information content (AvgIpc) is 2.34. The van der Waals surface area contributed by atoms with Crippen molar-refractivity contribution in [1.29, 1.82) is 0 Å². The molecule has 5 heteroatoms. The molecule has 0 radical (unpaired) electrons. The van der Waals surface area contributed by atoms with Crippen molar-refractivity contribution in [3.8, 4) is 0 Å². The topological polar surface area (TPSA) is 57.6 Å². The average molecular weight is 267 g/mol. The fourth-order valence-electron chi connectivity index (χ4n) is 2.12. The van der Waals surface area contributed by atoms with Crippen molar-refractivity contribution in [2.75, 3.05) is 24.6 Å². The van der Waals surface area contributed by atoms with Crippen LogP contribution in [0, 0.1) is 0 Å². The van der Waals surface area contributed by atoms with E-state index >= 15 is 0 Å². The van der Waals surface area contributed by atoms with Crippen LogP contribution >= 0.6 is 0 Å². The Labute approximate surface area is 109 Å². The van der Waals surface area contributed by atoms with Crippen LogP contribution in [-0.4, -0.2) is 44.8 Å². The smallest absolute Gasteiger partial charge is 0.307 e. The third-order valence-electron chi connectivity index (χ3n) is 3.12. The first-order valence-electron chi connectivity index (χ1n) is 6.01. The molecule has 0 aromatic heterocycles. The van der Waals surface area contributed by atoms with Crippen LogP contribution in [0.2, 0.25) is 0 Å². The maximum Gasteiger partial charge on any atom is 0.307 e. The minimum atomic E-state index is -0.804. The highest BCUT2D eigenvalue weighted by Crippen LogP contribution is 2.14. The first kappa shape index (κ1) is 13.2. The molecule has 1 N–H and O–H groups in total. The monoisotopic (exact) mass is 267 g/mol. The summed E-state index contributed by atoms with van der Waals surface area (Å²) in [4.78, 5) is 13.0. The Morgan fingerprint density at radius 3 is 2.44 bits per heavy atom. The summed E-state index contributed by atoms with van der Waals surface area (Å²) in [5.74, 6) is 0.643. The van der Waals surface area contributed by atoms with Crippen molar-refractivity contribution in [3.63, 3.8) is 0 Å². The van der Waals surface area contributed by atoms with Crippen molar-refractivity contribution >= 4 is 16.8 Å². The Balaban J connectivity index is 2.04. The van der Waals surface area contributed by atoms with Crippen LogP contribution in [0.5, 0.6) is 0 Å². The molecule has 0 aliphatic carbocycles. The number of aliphatic carboxylic acids is 1. The van der Waals surface area contributed by atoms with E-state index in [-0.39, 0.29) is 6.42 Å². The van der Waals surface area contributed by atoms with Crippen LogP contribution in [0.1, 0.15) is 11.1 Å². The third kappa shape index (κ3) is 3.65. The lowest BCUT2D eigenvalue weighted by Gasteiger charge is -2.26. The molecule has 2 rings (SSSR count). The van der Waals surface area contributed by atoms with E-state index in [1.54, 1.807) is 0 Å². The maximum absolute atomic E-state index is 11.3. The van der Waals surface area contributed by atoms with Gasteiger partial charge in [-0.2, -0.15) is 0 Å². The van der Waals surface area contributed by atoms with Gasteiger partial charge in [0.15, 0.2) is 0 Å². The van der Waals surface area contributed by atoms with Crippen molar-refractivity contribution in [1.82, 2.24) is 4.90 Å². The number of hydrogen-bond acceptors (Lipinski definition) is 3. The summed E-state index contributed by atoms with van der Waals surface area (Å²) in [5, 5.41) is 8.88. The lowest BCUT2D eigenvalue weighted by molar-refractivity contribution is -0.136. The Bertz CT molecular complexity index is 451. The summed E-state index contributed by atoms with van der Waals surface area (Å²) in [7, 11) is -0.669. The molecule has 1 aliphatic rings.